The fourth-order valence-electron chi connectivity index (χ4n) is 4.08. The van der Waals surface area contributed by atoms with Crippen molar-refractivity contribution in [2.45, 2.75) is 64.2 Å². The van der Waals surface area contributed by atoms with E-state index in [4.69, 9.17) is 8.23 Å². The van der Waals surface area contributed by atoms with Crippen molar-refractivity contribution in [3.8, 4) is 0 Å². The molecule has 0 aromatic rings. The van der Waals surface area contributed by atoms with Gasteiger partial charge in [-0.1, -0.05) is 0 Å². The van der Waals surface area contributed by atoms with Crippen LogP contribution in [-0.4, -0.2) is 71.7 Å². The third-order valence-electron chi connectivity index (χ3n) is 5.17. The van der Waals surface area contributed by atoms with E-state index in [1.807, 2.05) is 0 Å². The van der Waals surface area contributed by atoms with Crippen LogP contribution in [0.3, 0.4) is 0 Å². The molecular formula is C20H34N2O6Si3. The number of imide groups is 2. The summed E-state index contributed by atoms with van der Waals surface area (Å²) in [5.41, 5.74) is 0. The van der Waals surface area contributed by atoms with Crippen LogP contribution in [0.5, 0.6) is 0 Å². The third kappa shape index (κ3) is 7.75. The molecule has 0 radical (unpaired) electrons. The Hall–Kier alpha value is -1.67. The number of rotatable bonds is 12. The van der Waals surface area contributed by atoms with Crippen LogP contribution in [0, 0.1) is 0 Å². The van der Waals surface area contributed by atoms with E-state index in [9.17, 15) is 19.2 Å². The molecule has 0 saturated heterocycles. The zero-order chi connectivity index (χ0) is 23.4. The first-order valence-corrected chi connectivity index (χ1v) is 19.7. The molecule has 0 fully saturated rings. The fraction of sp³-hybridized carbons (Fsp3) is 0.600. The molecule has 2 aliphatic rings. The van der Waals surface area contributed by atoms with Crippen LogP contribution in [0.1, 0.15) is 12.8 Å². The Morgan fingerprint density at radius 3 is 1.19 bits per heavy atom. The number of hydrogen-bond donors (Lipinski definition) is 0. The van der Waals surface area contributed by atoms with Gasteiger partial charge in [-0.3, -0.25) is 29.0 Å². The maximum Gasteiger partial charge on any atom is 0.311 e. The van der Waals surface area contributed by atoms with Crippen molar-refractivity contribution >= 4 is 48.8 Å². The molecule has 2 heterocycles. The van der Waals surface area contributed by atoms with E-state index in [0.717, 1.165) is 24.9 Å². The molecule has 0 N–H and O–H groups in total. The molecule has 0 saturated carbocycles. The average molecular weight is 483 g/mol. The molecule has 0 aliphatic carbocycles. The van der Waals surface area contributed by atoms with E-state index >= 15 is 0 Å². The van der Waals surface area contributed by atoms with E-state index in [-0.39, 0.29) is 23.6 Å². The monoisotopic (exact) mass is 482 g/mol. The van der Waals surface area contributed by atoms with Crippen molar-refractivity contribution in [3.05, 3.63) is 24.3 Å². The second-order valence-electron chi connectivity index (χ2n) is 9.65. The smallest absolute Gasteiger partial charge is 0.311 e. The normalized spacial score (nSPS) is 17.6. The van der Waals surface area contributed by atoms with Gasteiger partial charge in [-0.05, 0) is 64.2 Å². The Morgan fingerprint density at radius 1 is 0.613 bits per heavy atom. The van der Waals surface area contributed by atoms with Gasteiger partial charge in [0, 0.05) is 37.4 Å². The Kier molecular flexibility index (Phi) is 8.14. The number of carbonyl (C=O) groups excluding carboxylic acids is 4. The minimum Gasteiger partial charge on any atom is -0.437 e. The average Bonchev–Trinajstić information content (AvgIpc) is 3.09. The van der Waals surface area contributed by atoms with Gasteiger partial charge >= 0.3 is 8.56 Å². The number of nitrogens with zero attached hydrogens (tertiary/aromatic N) is 2. The summed E-state index contributed by atoms with van der Waals surface area (Å²) in [6.45, 7) is 13.5. The van der Waals surface area contributed by atoms with Crippen molar-refractivity contribution in [2.24, 2.45) is 0 Å². The van der Waals surface area contributed by atoms with Gasteiger partial charge in [-0.15, -0.1) is 0 Å². The molecule has 0 unspecified atom stereocenters. The van der Waals surface area contributed by atoms with Gasteiger partial charge in [0.1, 0.15) is 0 Å². The number of amides is 4. The molecular weight excluding hydrogens is 448 g/mol. The largest absolute Gasteiger partial charge is 0.437 e. The summed E-state index contributed by atoms with van der Waals surface area (Å²) < 4.78 is 13.1. The predicted molar refractivity (Wildman–Crippen MR) is 125 cm³/mol. The van der Waals surface area contributed by atoms with Gasteiger partial charge < -0.3 is 8.23 Å². The van der Waals surface area contributed by atoms with Crippen LogP contribution in [0.4, 0.5) is 0 Å². The zero-order valence-electron chi connectivity index (χ0n) is 19.4. The summed E-state index contributed by atoms with van der Waals surface area (Å²) in [6, 6.07) is 1.66. The topological polar surface area (TPSA) is 93.2 Å². The van der Waals surface area contributed by atoms with Crippen molar-refractivity contribution in [3.63, 3.8) is 0 Å². The summed E-state index contributed by atoms with van der Waals surface area (Å²) in [6.07, 6.45) is 6.67. The molecule has 2 rings (SSSR count). The van der Waals surface area contributed by atoms with Gasteiger partial charge in [0.15, 0.2) is 16.6 Å². The maximum atomic E-state index is 11.7. The van der Waals surface area contributed by atoms with Crippen molar-refractivity contribution in [2.75, 3.05) is 13.1 Å². The molecule has 2 aliphatic heterocycles. The molecule has 11 heteroatoms. The quantitative estimate of drug-likeness (QED) is 0.314. The van der Waals surface area contributed by atoms with Crippen molar-refractivity contribution < 1.29 is 27.4 Å². The van der Waals surface area contributed by atoms with Crippen LogP contribution < -0.4 is 0 Å². The van der Waals surface area contributed by atoms with Crippen LogP contribution in [0.2, 0.25) is 51.4 Å². The highest BCUT2D eigenvalue weighted by molar-refractivity contribution is 6.87. The van der Waals surface area contributed by atoms with E-state index in [1.54, 1.807) is 0 Å². The van der Waals surface area contributed by atoms with Crippen LogP contribution in [0.25, 0.3) is 0 Å². The standard InChI is InChI=1S/C20H34N2O6Si3/c1-29(2,15-7-13-21-17(23)9-10-18(21)24)27-31(5,6)28-30(3,4)16-8-14-22-19(25)11-12-20(22)26/h9-12H,7-8,13-16H2,1-6H3. The van der Waals surface area contributed by atoms with Crippen molar-refractivity contribution in [1.82, 2.24) is 9.80 Å². The molecule has 0 aromatic carbocycles. The van der Waals surface area contributed by atoms with Gasteiger partial charge in [-0.2, -0.15) is 0 Å². The Balaban J connectivity index is 1.78. The molecule has 4 amide bonds. The zero-order valence-corrected chi connectivity index (χ0v) is 22.4. The second-order valence-corrected chi connectivity index (χ2v) is 22.1. The summed E-state index contributed by atoms with van der Waals surface area (Å²) >= 11 is 0. The summed E-state index contributed by atoms with van der Waals surface area (Å²) in [5, 5.41) is 0. The molecule has 0 spiro atoms. The molecule has 0 atom stereocenters. The van der Waals surface area contributed by atoms with E-state index < -0.39 is 25.2 Å². The SMILES string of the molecule is C[Si](C)(CCCN1C(=O)C=CC1=O)O[Si](C)(C)O[Si](C)(C)CCCN1C(=O)C=CC1=O. The molecule has 0 bridgehead atoms. The van der Waals surface area contributed by atoms with Crippen LogP contribution in [-0.2, 0) is 27.4 Å². The van der Waals surface area contributed by atoms with E-state index in [1.165, 1.54) is 34.1 Å². The lowest BCUT2D eigenvalue weighted by atomic mass is 10.4. The van der Waals surface area contributed by atoms with Gasteiger partial charge in [0.2, 0.25) is 0 Å². The summed E-state index contributed by atoms with van der Waals surface area (Å²) in [5.74, 6) is -0.984. The molecule has 0 aromatic heterocycles. The lowest BCUT2D eigenvalue weighted by Gasteiger charge is -2.39. The van der Waals surface area contributed by atoms with Crippen LogP contribution in [0.15, 0.2) is 24.3 Å². The van der Waals surface area contributed by atoms with Crippen LogP contribution >= 0.6 is 0 Å². The minimum absolute atomic E-state index is 0.246. The Labute approximate surface area is 187 Å². The highest BCUT2D eigenvalue weighted by Crippen LogP contribution is 2.26. The Bertz CT molecular complexity index is 707. The molecule has 31 heavy (non-hydrogen) atoms. The highest BCUT2D eigenvalue weighted by atomic mass is 28.5. The first-order chi connectivity index (χ1) is 14.2. The second kappa shape index (κ2) is 9.86. The van der Waals surface area contributed by atoms with Gasteiger partial charge in [-0.25, -0.2) is 0 Å². The first kappa shape index (κ1) is 25.6. The number of hydrogen-bond acceptors (Lipinski definition) is 6. The molecule has 172 valence electrons. The Morgan fingerprint density at radius 2 is 0.903 bits per heavy atom. The van der Waals surface area contributed by atoms with Crippen molar-refractivity contribution in [1.29, 1.82) is 0 Å². The first-order valence-electron chi connectivity index (χ1n) is 10.7. The third-order valence-corrected chi connectivity index (χ3v) is 16.6. The summed E-state index contributed by atoms with van der Waals surface area (Å²) in [4.78, 5) is 49.3. The number of carbonyl (C=O) groups is 4. The summed E-state index contributed by atoms with van der Waals surface area (Å²) in [7, 11) is -6.47. The predicted octanol–water partition coefficient (Wildman–Crippen LogP) is 2.76. The van der Waals surface area contributed by atoms with Gasteiger partial charge in [0.25, 0.3) is 23.6 Å². The maximum absolute atomic E-state index is 11.7. The van der Waals surface area contributed by atoms with E-state index in [2.05, 4.69) is 39.3 Å². The molecule has 8 nitrogen and oxygen atoms in total. The lowest BCUT2D eigenvalue weighted by Crippen LogP contribution is -2.52. The van der Waals surface area contributed by atoms with E-state index in [0.29, 0.717) is 13.1 Å². The fourth-order valence-corrected chi connectivity index (χ4v) is 18.1. The van der Waals surface area contributed by atoms with Gasteiger partial charge in [0.05, 0.1) is 0 Å². The minimum atomic E-state index is -2.39. The lowest BCUT2D eigenvalue weighted by molar-refractivity contribution is -0.138. The highest BCUT2D eigenvalue weighted by Gasteiger charge is 2.39.